The molecule has 0 bridgehead atoms. The van der Waals surface area contributed by atoms with Crippen LogP contribution >= 0.6 is 12.2 Å². The van der Waals surface area contributed by atoms with Crippen molar-refractivity contribution in [2.75, 3.05) is 12.4 Å². The van der Waals surface area contributed by atoms with Crippen molar-refractivity contribution in [2.45, 2.75) is 0 Å². The van der Waals surface area contributed by atoms with E-state index in [1.165, 1.54) is 25.3 Å². The predicted molar refractivity (Wildman–Crippen MR) is 124 cm³/mol. The van der Waals surface area contributed by atoms with Crippen LogP contribution in [0.5, 0.6) is 11.5 Å². The van der Waals surface area contributed by atoms with Crippen LogP contribution in [-0.4, -0.2) is 33.1 Å². The minimum atomic E-state index is -0.648. The third kappa shape index (κ3) is 4.57. The summed E-state index contributed by atoms with van der Waals surface area (Å²) in [5, 5.41) is 26.7. The van der Waals surface area contributed by atoms with Crippen molar-refractivity contribution < 1.29 is 24.0 Å². The van der Waals surface area contributed by atoms with Gasteiger partial charge in [0.05, 0.1) is 17.6 Å². The maximum absolute atomic E-state index is 12.4. The van der Waals surface area contributed by atoms with Crippen LogP contribution in [0.3, 0.4) is 0 Å². The molecule has 0 unspecified atom stereocenters. The van der Waals surface area contributed by atoms with Gasteiger partial charge in [-0.2, -0.15) is 0 Å². The highest BCUT2D eigenvalue weighted by Crippen LogP contribution is 2.33. The average Bonchev–Trinajstić information content (AvgIpc) is 3.22. The van der Waals surface area contributed by atoms with Crippen LogP contribution in [0.4, 0.5) is 11.4 Å². The number of benzene rings is 3. The number of carbonyl (C=O) groups excluding carboxylic acids is 1. The molecule has 0 atom stereocenters. The Balaban J connectivity index is 1.46. The summed E-state index contributed by atoms with van der Waals surface area (Å²) in [6.07, 6.45) is 0. The van der Waals surface area contributed by atoms with E-state index in [4.69, 9.17) is 21.4 Å². The van der Waals surface area contributed by atoms with E-state index in [1.807, 2.05) is 12.1 Å². The molecular weight excluding hydrogens is 448 g/mol. The largest absolute Gasteiger partial charge is 0.507 e. The number of hydrogen-bond acceptors (Lipinski definition) is 8. The zero-order valence-electron chi connectivity index (χ0n) is 17.1. The highest BCUT2D eigenvalue weighted by molar-refractivity contribution is 7.80. The van der Waals surface area contributed by atoms with Gasteiger partial charge in [0.25, 0.3) is 5.91 Å². The maximum atomic E-state index is 12.4. The number of nitrogens with zero attached hydrogens (tertiary/aromatic N) is 2. The van der Waals surface area contributed by atoms with Gasteiger partial charge in [-0.3, -0.25) is 20.2 Å². The number of ether oxygens (including phenoxy) is 1. The van der Waals surface area contributed by atoms with E-state index in [2.05, 4.69) is 15.6 Å². The number of thiocarbonyl (C=S) groups is 1. The van der Waals surface area contributed by atoms with Crippen LogP contribution < -0.4 is 15.4 Å². The topological polar surface area (TPSA) is 140 Å². The number of anilines is 1. The average molecular weight is 464 g/mol. The molecule has 0 saturated heterocycles. The summed E-state index contributed by atoms with van der Waals surface area (Å²) in [7, 11) is 1.30. The lowest BCUT2D eigenvalue weighted by Crippen LogP contribution is -2.34. The normalized spacial score (nSPS) is 10.6. The number of hydrogen-bond donors (Lipinski definition) is 3. The van der Waals surface area contributed by atoms with E-state index < -0.39 is 10.8 Å². The molecule has 10 nitrogen and oxygen atoms in total. The molecule has 4 aromatic rings. The van der Waals surface area contributed by atoms with E-state index in [0.29, 0.717) is 22.4 Å². The molecule has 0 aliphatic rings. The fraction of sp³-hybridized carbons (Fsp3) is 0.0455. The fourth-order valence-electron chi connectivity index (χ4n) is 3.09. The first-order chi connectivity index (χ1) is 15.9. The fourth-order valence-corrected chi connectivity index (χ4v) is 3.30. The second-order valence-corrected chi connectivity index (χ2v) is 7.18. The number of nitro groups is 1. The zero-order valence-corrected chi connectivity index (χ0v) is 17.9. The molecule has 0 spiro atoms. The number of amides is 1. The van der Waals surface area contributed by atoms with Gasteiger partial charge in [-0.1, -0.05) is 12.1 Å². The molecule has 0 fully saturated rings. The number of nitro benzene ring substituents is 1. The molecule has 1 amide bonds. The number of methoxy groups -OCH3 is 1. The summed E-state index contributed by atoms with van der Waals surface area (Å²) < 4.78 is 10.6. The standard InChI is InChI=1S/C22H16N4O6S/c1-31-19-9-6-12(10-16(19)26(29)30)20(28)25-22(33)23-13-7-8-14(17(27)11-13)21-24-15-4-2-3-5-18(15)32-21/h2-11,27H,1H3,(H2,23,25,28,33). The molecule has 3 N–H and O–H groups in total. The number of para-hydroxylation sites is 2. The number of nitrogens with one attached hydrogen (secondary N) is 2. The lowest BCUT2D eigenvalue weighted by molar-refractivity contribution is -0.385. The van der Waals surface area contributed by atoms with Crippen LogP contribution in [0.25, 0.3) is 22.6 Å². The van der Waals surface area contributed by atoms with Crippen LogP contribution in [0.15, 0.2) is 65.1 Å². The summed E-state index contributed by atoms with van der Waals surface area (Å²) in [4.78, 5) is 27.3. The molecule has 4 rings (SSSR count). The minimum absolute atomic E-state index is 0.0285. The monoisotopic (exact) mass is 464 g/mol. The molecule has 1 heterocycles. The Morgan fingerprint density at radius 3 is 2.67 bits per heavy atom. The first-order valence-corrected chi connectivity index (χ1v) is 9.90. The lowest BCUT2D eigenvalue weighted by Gasteiger charge is -2.11. The Morgan fingerprint density at radius 1 is 1.18 bits per heavy atom. The first kappa shape index (κ1) is 21.7. The lowest BCUT2D eigenvalue weighted by atomic mass is 10.1. The molecule has 1 aromatic heterocycles. The Hall–Kier alpha value is -4.51. The molecule has 0 radical (unpaired) electrons. The summed E-state index contributed by atoms with van der Waals surface area (Å²) in [6.45, 7) is 0. The zero-order chi connectivity index (χ0) is 23.5. The molecule has 33 heavy (non-hydrogen) atoms. The van der Waals surface area contributed by atoms with Gasteiger partial charge in [0.15, 0.2) is 16.4 Å². The number of fused-ring (bicyclic) bond motifs is 1. The molecule has 11 heteroatoms. The third-order valence-electron chi connectivity index (χ3n) is 4.64. The van der Waals surface area contributed by atoms with Crippen molar-refractivity contribution in [3.05, 3.63) is 76.3 Å². The molecule has 3 aromatic carbocycles. The van der Waals surface area contributed by atoms with Gasteiger partial charge in [-0.15, -0.1) is 0 Å². The summed E-state index contributed by atoms with van der Waals surface area (Å²) in [5.41, 5.74) is 1.73. The van der Waals surface area contributed by atoms with E-state index in [9.17, 15) is 20.0 Å². The summed E-state index contributed by atoms with van der Waals surface area (Å²) >= 11 is 5.14. The van der Waals surface area contributed by atoms with Gasteiger partial charge in [-0.25, -0.2) is 4.98 Å². The van der Waals surface area contributed by atoms with Gasteiger partial charge in [0, 0.05) is 23.4 Å². The molecule has 166 valence electrons. The molecule has 0 aliphatic carbocycles. The SMILES string of the molecule is COc1ccc(C(=O)NC(=S)Nc2ccc(-c3nc4ccccc4o3)c(O)c2)cc1[N+](=O)[O-]. The van der Waals surface area contributed by atoms with Gasteiger partial charge >= 0.3 is 5.69 Å². The number of phenolic OH excluding ortho intramolecular Hbond substituents is 1. The van der Waals surface area contributed by atoms with Gasteiger partial charge in [0.2, 0.25) is 5.89 Å². The van der Waals surface area contributed by atoms with E-state index >= 15 is 0 Å². The van der Waals surface area contributed by atoms with Crippen molar-refractivity contribution >= 4 is 45.7 Å². The molecular formula is C22H16N4O6S. The Morgan fingerprint density at radius 2 is 1.97 bits per heavy atom. The second kappa shape index (κ2) is 8.93. The highest BCUT2D eigenvalue weighted by Gasteiger charge is 2.19. The van der Waals surface area contributed by atoms with E-state index in [1.54, 1.807) is 24.3 Å². The number of phenols is 1. The Bertz CT molecular complexity index is 1370. The van der Waals surface area contributed by atoms with E-state index in [-0.39, 0.29) is 33.8 Å². The Kier molecular flexibility index (Phi) is 5.87. The van der Waals surface area contributed by atoms with Crippen molar-refractivity contribution in [3.8, 4) is 23.0 Å². The summed E-state index contributed by atoms with van der Waals surface area (Å²) in [6, 6.07) is 15.7. The van der Waals surface area contributed by atoms with Crippen molar-refractivity contribution in [3.63, 3.8) is 0 Å². The summed E-state index contributed by atoms with van der Waals surface area (Å²) in [5.74, 6) is -0.457. The number of oxazole rings is 1. The molecule has 0 aliphatic heterocycles. The van der Waals surface area contributed by atoms with Crippen LogP contribution in [0.1, 0.15) is 10.4 Å². The van der Waals surface area contributed by atoms with Gasteiger partial charge < -0.3 is 19.6 Å². The molecule has 0 saturated carbocycles. The highest BCUT2D eigenvalue weighted by atomic mass is 32.1. The minimum Gasteiger partial charge on any atom is -0.507 e. The van der Waals surface area contributed by atoms with Gasteiger partial charge in [-0.05, 0) is 48.6 Å². The van der Waals surface area contributed by atoms with Crippen molar-refractivity contribution in [2.24, 2.45) is 0 Å². The number of carbonyl (C=O) groups is 1. The Labute approximate surface area is 192 Å². The first-order valence-electron chi connectivity index (χ1n) is 9.49. The third-order valence-corrected chi connectivity index (χ3v) is 4.85. The number of aromatic nitrogens is 1. The van der Waals surface area contributed by atoms with E-state index in [0.717, 1.165) is 6.07 Å². The van der Waals surface area contributed by atoms with Gasteiger partial charge in [0.1, 0.15) is 11.3 Å². The van der Waals surface area contributed by atoms with Crippen LogP contribution in [-0.2, 0) is 0 Å². The number of aromatic hydroxyl groups is 1. The maximum Gasteiger partial charge on any atom is 0.311 e. The van der Waals surface area contributed by atoms with Crippen LogP contribution in [0, 0.1) is 10.1 Å². The van der Waals surface area contributed by atoms with Crippen molar-refractivity contribution in [1.82, 2.24) is 10.3 Å². The van der Waals surface area contributed by atoms with Crippen molar-refractivity contribution in [1.29, 1.82) is 0 Å². The predicted octanol–water partition coefficient (Wildman–Crippen LogP) is 4.24. The van der Waals surface area contributed by atoms with Crippen LogP contribution in [0.2, 0.25) is 0 Å². The number of rotatable bonds is 5. The quantitative estimate of drug-likeness (QED) is 0.225. The smallest absolute Gasteiger partial charge is 0.311 e. The second-order valence-electron chi connectivity index (χ2n) is 6.77.